The number of aromatic nitrogens is 1. The molecule has 1 aliphatic heterocycles. The van der Waals surface area contributed by atoms with E-state index in [0.717, 1.165) is 25.3 Å². The van der Waals surface area contributed by atoms with Gasteiger partial charge in [0.2, 0.25) is 0 Å². The van der Waals surface area contributed by atoms with Crippen LogP contribution >= 0.6 is 0 Å². The van der Waals surface area contributed by atoms with Gasteiger partial charge in [-0.05, 0) is 32.9 Å². The maximum Gasteiger partial charge on any atom is 0.266 e. The number of nitrogens with zero attached hydrogens (tertiary/aromatic N) is 2. The van der Waals surface area contributed by atoms with Crippen molar-refractivity contribution in [1.82, 2.24) is 15.3 Å². The lowest BCUT2D eigenvalue weighted by atomic mass is 10.1. The molecule has 20 heavy (non-hydrogen) atoms. The largest absolute Gasteiger partial charge is 0.370 e. The molecule has 1 atom stereocenters. The fourth-order valence-electron chi connectivity index (χ4n) is 2.67. The molecule has 1 unspecified atom stereocenters. The van der Waals surface area contributed by atoms with Gasteiger partial charge in [0.05, 0.1) is 23.0 Å². The summed E-state index contributed by atoms with van der Waals surface area (Å²) in [4.78, 5) is 18.0. The second-order valence-electron chi connectivity index (χ2n) is 5.87. The van der Waals surface area contributed by atoms with E-state index in [1.165, 1.54) is 0 Å². The van der Waals surface area contributed by atoms with Crippen LogP contribution in [0.1, 0.15) is 36.8 Å². The number of nitrogens with one attached hydrogen (secondary N) is 1. The summed E-state index contributed by atoms with van der Waals surface area (Å²) in [6, 6.07) is 3.59. The van der Waals surface area contributed by atoms with E-state index in [9.17, 15) is 4.79 Å². The van der Waals surface area contributed by atoms with E-state index >= 15 is 0 Å². The number of hydrogen-bond donors (Lipinski definition) is 2. The van der Waals surface area contributed by atoms with Crippen LogP contribution < -0.4 is 11.3 Å². The minimum atomic E-state index is -0.329. The summed E-state index contributed by atoms with van der Waals surface area (Å²) in [5.41, 5.74) is 3.35. The van der Waals surface area contributed by atoms with Gasteiger partial charge >= 0.3 is 0 Å². The fourth-order valence-corrected chi connectivity index (χ4v) is 2.67. The van der Waals surface area contributed by atoms with Gasteiger partial charge in [-0.2, -0.15) is 0 Å². The summed E-state index contributed by atoms with van der Waals surface area (Å²) in [6.07, 6.45) is 1.76. The average Bonchev–Trinajstić information content (AvgIpc) is 2.36. The highest BCUT2D eigenvalue weighted by molar-refractivity contribution is 5.93. The summed E-state index contributed by atoms with van der Waals surface area (Å²) in [5.74, 6) is 4.76. The molecule has 0 aromatic carbocycles. The van der Waals surface area contributed by atoms with E-state index in [4.69, 9.17) is 10.6 Å². The summed E-state index contributed by atoms with van der Waals surface area (Å²) in [7, 11) is 0. The van der Waals surface area contributed by atoms with E-state index in [0.29, 0.717) is 5.56 Å². The monoisotopic (exact) mass is 278 g/mol. The zero-order valence-electron chi connectivity index (χ0n) is 12.2. The first-order valence-corrected chi connectivity index (χ1v) is 6.76. The molecule has 1 saturated heterocycles. The van der Waals surface area contributed by atoms with E-state index in [1.54, 1.807) is 12.3 Å². The van der Waals surface area contributed by atoms with E-state index in [-0.39, 0.29) is 17.6 Å². The topological polar surface area (TPSA) is 80.5 Å². The van der Waals surface area contributed by atoms with E-state index in [1.807, 2.05) is 6.07 Å². The maximum atomic E-state index is 11.3. The van der Waals surface area contributed by atoms with Gasteiger partial charge in [-0.15, -0.1) is 0 Å². The zero-order chi connectivity index (χ0) is 14.8. The SMILES string of the molecule is CC1CN(Cc2ccc(C(=O)NN)cn2)CC(C)(C)O1. The third kappa shape index (κ3) is 3.75. The number of ether oxygens (including phenoxy) is 1. The van der Waals surface area contributed by atoms with Crippen LogP contribution in [0, 0.1) is 0 Å². The van der Waals surface area contributed by atoms with Crippen molar-refractivity contribution in [3.8, 4) is 0 Å². The number of rotatable bonds is 3. The Hall–Kier alpha value is -1.50. The van der Waals surface area contributed by atoms with E-state index in [2.05, 4.69) is 36.1 Å². The summed E-state index contributed by atoms with van der Waals surface area (Å²) < 4.78 is 5.88. The Bertz CT molecular complexity index is 473. The number of morpholine rings is 1. The van der Waals surface area contributed by atoms with Gasteiger partial charge in [0, 0.05) is 25.8 Å². The first-order chi connectivity index (χ1) is 9.39. The molecule has 6 heteroatoms. The van der Waals surface area contributed by atoms with Gasteiger partial charge < -0.3 is 4.74 Å². The van der Waals surface area contributed by atoms with Crippen molar-refractivity contribution in [3.63, 3.8) is 0 Å². The van der Waals surface area contributed by atoms with Crippen molar-refractivity contribution < 1.29 is 9.53 Å². The minimum absolute atomic E-state index is 0.142. The molecule has 1 aliphatic rings. The van der Waals surface area contributed by atoms with Crippen LogP contribution in [0.25, 0.3) is 0 Å². The van der Waals surface area contributed by atoms with Gasteiger partial charge in [0.25, 0.3) is 5.91 Å². The first-order valence-electron chi connectivity index (χ1n) is 6.76. The van der Waals surface area contributed by atoms with Gasteiger partial charge in [-0.1, -0.05) is 0 Å². The van der Waals surface area contributed by atoms with Crippen LogP contribution in [0.15, 0.2) is 18.3 Å². The molecule has 6 nitrogen and oxygen atoms in total. The minimum Gasteiger partial charge on any atom is -0.370 e. The number of amides is 1. The van der Waals surface area contributed by atoms with Crippen molar-refractivity contribution in [2.24, 2.45) is 5.84 Å². The number of carbonyl (C=O) groups is 1. The Labute approximate surface area is 119 Å². The van der Waals surface area contributed by atoms with Crippen LogP contribution in [0.2, 0.25) is 0 Å². The standard InChI is InChI=1S/C14H22N4O2/c1-10-7-18(9-14(2,3)20-10)8-12-5-4-11(6-16-12)13(19)17-15/h4-6,10H,7-9,15H2,1-3H3,(H,17,19). The lowest BCUT2D eigenvalue weighted by Crippen LogP contribution is -2.51. The normalized spacial score (nSPS) is 22.5. The number of hydrazine groups is 1. The maximum absolute atomic E-state index is 11.3. The van der Waals surface area contributed by atoms with Gasteiger partial charge in [0.1, 0.15) is 0 Å². The highest BCUT2D eigenvalue weighted by Crippen LogP contribution is 2.21. The lowest BCUT2D eigenvalue weighted by molar-refractivity contribution is -0.130. The first kappa shape index (κ1) is 14.9. The summed E-state index contributed by atoms with van der Waals surface area (Å²) in [6.45, 7) is 8.77. The molecule has 3 N–H and O–H groups in total. The van der Waals surface area contributed by atoms with E-state index < -0.39 is 0 Å². The number of hydrogen-bond acceptors (Lipinski definition) is 5. The van der Waals surface area contributed by atoms with Gasteiger partial charge in [-0.3, -0.25) is 20.1 Å². The number of carbonyl (C=O) groups excluding carboxylic acids is 1. The van der Waals surface area contributed by atoms with Crippen LogP contribution in [0.3, 0.4) is 0 Å². The Morgan fingerprint density at radius 1 is 1.60 bits per heavy atom. The highest BCUT2D eigenvalue weighted by atomic mass is 16.5. The molecule has 0 saturated carbocycles. The molecular formula is C14H22N4O2. The highest BCUT2D eigenvalue weighted by Gasteiger charge is 2.31. The average molecular weight is 278 g/mol. The fraction of sp³-hybridized carbons (Fsp3) is 0.571. The molecule has 1 fully saturated rings. The number of nitrogens with two attached hydrogens (primary N) is 1. The molecule has 2 rings (SSSR count). The predicted octanol–water partition coefficient (Wildman–Crippen LogP) is 0.684. The number of nitrogen functional groups attached to an aromatic ring is 1. The molecule has 1 aromatic rings. The van der Waals surface area contributed by atoms with Crippen molar-refractivity contribution in [2.75, 3.05) is 13.1 Å². The molecule has 0 radical (unpaired) electrons. The third-order valence-corrected chi connectivity index (χ3v) is 3.24. The second kappa shape index (κ2) is 5.87. The van der Waals surface area contributed by atoms with Crippen molar-refractivity contribution >= 4 is 5.91 Å². The van der Waals surface area contributed by atoms with Crippen molar-refractivity contribution in [1.29, 1.82) is 0 Å². The van der Waals surface area contributed by atoms with Gasteiger partial charge in [0.15, 0.2) is 0 Å². The predicted molar refractivity (Wildman–Crippen MR) is 75.8 cm³/mol. The Morgan fingerprint density at radius 3 is 2.90 bits per heavy atom. The molecule has 1 amide bonds. The molecular weight excluding hydrogens is 256 g/mol. The summed E-state index contributed by atoms with van der Waals surface area (Å²) in [5, 5.41) is 0. The molecule has 110 valence electrons. The molecule has 0 spiro atoms. The quantitative estimate of drug-likeness (QED) is 0.483. The van der Waals surface area contributed by atoms with Crippen molar-refractivity contribution in [3.05, 3.63) is 29.6 Å². The molecule has 0 aliphatic carbocycles. The Kier molecular flexibility index (Phi) is 4.37. The molecule has 2 heterocycles. The molecule has 1 aromatic heterocycles. The van der Waals surface area contributed by atoms with Crippen molar-refractivity contribution in [2.45, 2.75) is 39.0 Å². The van der Waals surface area contributed by atoms with Crippen LogP contribution in [-0.2, 0) is 11.3 Å². The molecule has 0 bridgehead atoms. The lowest BCUT2D eigenvalue weighted by Gasteiger charge is -2.41. The van der Waals surface area contributed by atoms with Crippen LogP contribution in [0.5, 0.6) is 0 Å². The summed E-state index contributed by atoms with van der Waals surface area (Å²) >= 11 is 0. The number of pyridine rings is 1. The smallest absolute Gasteiger partial charge is 0.266 e. The second-order valence-corrected chi connectivity index (χ2v) is 5.87. The van der Waals surface area contributed by atoms with Crippen LogP contribution in [0.4, 0.5) is 0 Å². The van der Waals surface area contributed by atoms with Gasteiger partial charge in [-0.25, -0.2) is 5.84 Å². The zero-order valence-corrected chi connectivity index (χ0v) is 12.2. The Balaban J connectivity index is 2.01. The Morgan fingerprint density at radius 2 is 2.35 bits per heavy atom. The van der Waals surface area contributed by atoms with Crippen LogP contribution in [-0.4, -0.2) is 40.6 Å². The third-order valence-electron chi connectivity index (χ3n) is 3.24.